The molecule has 2 amide bonds. The van der Waals surface area contributed by atoms with Crippen LogP contribution in [0.5, 0.6) is 0 Å². The Bertz CT molecular complexity index is 1050. The highest BCUT2D eigenvalue weighted by Crippen LogP contribution is 2.31. The molecule has 0 spiro atoms. The minimum atomic E-state index is -0.930. The maximum atomic E-state index is 13.6. The number of hydrogen-bond acceptors (Lipinski definition) is 5. The average molecular weight is 439 g/mol. The topological polar surface area (TPSA) is 75.2 Å². The van der Waals surface area contributed by atoms with Crippen LogP contribution in [0.15, 0.2) is 53.9 Å². The SMILES string of the molecule is Cc1cccc([C@@H](C(=O)NC2CCCC2)N(C(=O)c2csnn2)c2ccc(F)cc2)c1. The van der Waals surface area contributed by atoms with Crippen LogP contribution >= 0.6 is 11.5 Å². The van der Waals surface area contributed by atoms with Gasteiger partial charge in [-0.15, -0.1) is 5.10 Å². The molecule has 6 nitrogen and oxygen atoms in total. The van der Waals surface area contributed by atoms with Gasteiger partial charge in [-0.1, -0.05) is 47.2 Å². The minimum absolute atomic E-state index is 0.0888. The summed E-state index contributed by atoms with van der Waals surface area (Å²) in [6, 6.07) is 12.2. The molecule has 0 bridgehead atoms. The lowest BCUT2D eigenvalue weighted by atomic mass is 10.00. The van der Waals surface area contributed by atoms with Crippen molar-refractivity contribution in [1.82, 2.24) is 14.9 Å². The average Bonchev–Trinajstić information content (AvgIpc) is 3.46. The van der Waals surface area contributed by atoms with E-state index in [-0.39, 0.29) is 17.6 Å². The zero-order valence-electron chi connectivity index (χ0n) is 17.1. The number of rotatable bonds is 6. The van der Waals surface area contributed by atoms with Crippen LogP contribution in [0.25, 0.3) is 0 Å². The Morgan fingerprint density at radius 3 is 2.55 bits per heavy atom. The summed E-state index contributed by atoms with van der Waals surface area (Å²) in [7, 11) is 0. The van der Waals surface area contributed by atoms with Crippen LogP contribution in [0, 0.1) is 12.7 Å². The number of carbonyl (C=O) groups is 2. The van der Waals surface area contributed by atoms with E-state index in [0.717, 1.165) is 42.8 Å². The van der Waals surface area contributed by atoms with Crippen LogP contribution in [0.4, 0.5) is 10.1 Å². The van der Waals surface area contributed by atoms with E-state index in [4.69, 9.17) is 0 Å². The number of hydrogen-bond donors (Lipinski definition) is 1. The van der Waals surface area contributed by atoms with Crippen LogP contribution in [0.1, 0.15) is 53.3 Å². The number of aromatic nitrogens is 2. The predicted octanol–water partition coefficient (Wildman–Crippen LogP) is 4.43. The van der Waals surface area contributed by atoms with E-state index >= 15 is 0 Å². The van der Waals surface area contributed by atoms with Crippen LogP contribution in [-0.4, -0.2) is 27.4 Å². The molecule has 160 valence electrons. The van der Waals surface area contributed by atoms with Gasteiger partial charge in [0.25, 0.3) is 5.91 Å². The van der Waals surface area contributed by atoms with Crippen molar-refractivity contribution in [3.63, 3.8) is 0 Å². The fraction of sp³-hybridized carbons (Fsp3) is 0.304. The third-order valence-corrected chi connectivity index (χ3v) is 5.97. The van der Waals surface area contributed by atoms with Crippen molar-refractivity contribution in [2.24, 2.45) is 0 Å². The number of anilines is 1. The minimum Gasteiger partial charge on any atom is -0.351 e. The lowest BCUT2D eigenvalue weighted by molar-refractivity contribution is -0.123. The summed E-state index contributed by atoms with van der Waals surface area (Å²) in [5.41, 5.74) is 2.20. The Morgan fingerprint density at radius 2 is 1.90 bits per heavy atom. The van der Waals surface area contributed by atoms with E-state index < -0.39 is 17.8 Å². The van der Waals surface area contributed by atoms with Crippen molar-refractivity contribution < 1.29 is 14.0 Å². The third-order valence-electron chi connectivity index (χ3n) is 5.47. The zero-order valence-corrected chi connectivity index (χ0v) is 17.9. The van der Waals surface area contributed by atoms with Gasteiger partial charge in [0.1, 0.15) is 11.9 Å². The monoisotopic (exact) mass is 438 g/mol. The molecule has 3 aromatic rings. The third kappa shape index (κ3) is 4.80. The summed E-state index contributed by atoms with van der Waals surface area (Å²) < 4.78 is 17.4. The molecule has 0 radical (unpaired) electrons. The van der Waals surface area contributed by atoms with Crippen molar-refractivity contribution in [2.75, 3.05) is 4.90 Å². The van der Waals surface area contributed by atoms with E-state index in [9.17, 15) is 14.0 Å². The largest absolute Gasteiger partial charge is 0.351 e. The van der Waals surface area contributed by atoms with Crippen LogP contribution in [0.3, 0.4) is 0 Å². The highest BCUT2D eigenvalue weighted by atomic mass is 32.1. The molecule has 1 heterocycles. The Labute approximate surface area is 184 Å². The maximum Gasteiger partial charge on any atom is 0.280 e. The second-order valence-corrected chi connectivity index (χ2v) is 8.36. The van der Waals surface area contributed by atoms with Crippen molar-refractivity contribution in [2.45, 2.75) is 44.7 Å². The van der Waals surface area contributed by atoms with Gasteiger partial charge < -0.3 is 5.32 Å². The van der Waals surface area contributed by atoms with E-state index in [0.29, 0.717) is 11.3 Å². The fourth-order valence-electron chi connectivity index (χ4n) is 3.97. The smallest absolute Gasteiger partial charge is 0.280 e. The first-order chi connectivity index (χ1) is 15.0. The summed E-state index contributed by atoms with van der Waals surface area (Å²) in [4.78, 5) is 28.4. The summed E-state index contributed by atoms with van der Waals surface area (Å²) in [6.45, 7) is 1.93. The Balaban J connectivity index is 1.80. The van der Waals surface area contributed by atoms with Gasteiger partial charge in [0.05, 0.1) is 0 Å². The van der Waals surface area contributed by atoms with Gasteiger partial charge in [0.2, 0.25) is 5.91 Å². The molecule has 1 fully saturated rings. The number of carbonyl (C=O) groups excluding carboxylic acids is 2. The first kappa shape index (κ1) is 21.1. The Morgan fingerprint density at radius 1 is 1.16 bits per heavy atom. The van der Waals surface area contributed by atoms with Crippen molar-refractivity contribution in [3.05, 3.63) is 76.5 Å². The van der Waals surface area contributed by atoms with Crippen molar-refractivity contribution in [1.29, 1.82) is 0 Å². The number of halogens is 1. The second-order valence-electron chi connectivity index (χ2n) is 7.75. The second kappa shape index (κ2) is 9.34. The highest BCUT2D eigenvalue weighted by Gasteiger charge is 2.35. The summed E-state index contributed by atoms with van der Waals surface area (Å²) in [6.07, 6.45) is 4.00. The summed E-state index contributed by atoms with van der Waals surface area (Å²) in [5, 5.41) is 8.57. The van der Waals surface area contributed by atoms with E-state index in [1.807, 2.05) is 31.2 Å². The predicted molar refractivity (Wildman–Crippen MR) is 117 cm³/mol. The van der Waals surface area contributed by atoms with Crippen LogP contribution in [0.2, 0.25) is 0 Å². The molecule has 1 N–H and O–H groups in total. The summed E-state index contributed by atoms with van der Waals surface area (Å²) in [5.74, 6) is -1.15. The molecular weight excluding hydrogens is 415 g/mol. The molecule has 2 aromatic carbocycles. The lowest BCUT2D eigenvalue weighted by Gasteiger charge is -2.32. The van der Waals surface area contributed by atoms with E-state index in [1.54, 1.807) is 5.38 Å². The van der Waals surface area contributed by atoms with E-state index in [2.05, 4.69) is 14.9 Å². The molecular formula is C23H23FN4O2S. The molecule has 1 saturated carbocycles. The molecule has 8 heteroatoms. The molecule has 0 saturated heterocycles. The standard InChI is InChI=1S/C23H23FN4O2S/c1-15-5-4-6-16(13-15)21(22(29)25-18-7-2-3-8-18)28(19-11-9-17(24)10-12-19)23(30)20-14-31-27-26-20/h4-6,9-14,18,21H,2-3,7-8H2,1H3,(H,25,29)/t21-/m0/s1. The maximum absolute atomic E-state index is 13.6. The van der Waals surface area contributed by atoms with E-state index in [1.165, 1.54) is 29.2 Å². The van der Waals surface area contributed by atoms with Crippen molar-refractivity contribution >= 4 is 29.0 Å². The molecule has 1 aliphatic carbocycles. The van der Waals surface area contributed by atoms with Gasteiger partial charge in [-0.25, -0.2) is 4.39 Å². The lowest BCUT2D eigenvalue weighted by Crippen LogP contribution is -2.46. The molecule has 1 aliphatic rings. The molecule has 4 rings (SSSR count). The zero-order chi connectivity index (χ0) is 21.8. The van der Waals surface area contributed by atoms with Crippen LogP contribution < -0.4 is 10.2 Å². The van der Waals surface area contributed by atoms with Gasteiger partial charge in [-0.2, -0.15) is 0 Å². The highest BCUT2D eigenvalue weighted by molar-refractivity contribution is 7.03. The molecule has 0 aliphatic heterocycles. The molecule has 1 atom stereocenters. The van der Waals surface area contributed by atoms with Gasteiger partial charge in [-0.3, -0.25) is 14.5 Å². The van der Waals surface area contributed by atoms with Crippen molar-refractivity contribution in [3.8, 4) is 0 Å². The number of amides is 2. The number of benzene rings is 2. The quantitative estimate of drug-likeness (QED) is 0.618. The molecule has 0 unspecified atom stereocenters. The molecule has 31 heavy (non-hydrogen) atoms. The summed E-state index contributed by atoms with van der Waals surface area (Å²) >= 11 is 1.06. The first-order valence-electron chi connectivity index (χ1n) is 10.3. The van der Waals surface area contributed by atoms with Gasteiger partial charge in [0.15, 0.2) is 5.69 Å². The first-order valence-corrected chi connectivity index (χ1v) is 11.1. The van der Waals surface area contributed by atoms with Gasteiger partial charge in [-0.05, 0) is 61.1 Å². The number of nitrogens with zero attached hydrogens (tertiary/aromatic N) is 3. The van der Waals surface area contributed by atoms with Gasteiger partial charge in [0, 0.05) is 17.1 Å². The van der Waals surface area contributed by atoms with Crippen LogP contribution in [-0.2, 0) is 4.79 Å². The number of aryl methyl sites for hydroxylation is 1. The normalized spacial score (nSPS) is 14.9. The van der Waals surface area contributed by atoms with Gasteiger partial charge >= 0.3 is 0 Å². The molecule has 1 aromatic heterocycles. The fourth-order valence-corrected chi connectivity index (χ4v) is 4.40. The Hall–Kier alpha value is -3.13. The Kier molecular flexibility index (Phi) is 6.36. The number of nitrogens with one attached hydrogen (secondary N) is 1.